The Labute approximate surface area is 161 Å². The summed E-state index contributed by atoms with van der Waals surface area (Å²) in [4.78, 5) is 20.0. The number of nitrogens with zero attached hydrogens (tertiary/aromatic N) is 3. The van der Waals surface area contributed by atoms with Gasteiger partial charge in [0.25, 0.3) is 0 Å². The van der Waals surface area contributed by atoms with Crippen molar-refractivity contribution in [1.29, 1.82) is 5.26 Å². The third kappa shape index (κ3) is 3.48. The number of aryl methyl sites for hydroxylation is 1. The molecule has 6 heteroatoms. The van der Waals surface area contributed by atoms with E-state index in [9.17, 15) is 10.1 Å². The molecule has 138 valence electrons. The first-order valence-corrected chi connectivity index (χ1v) is 8.85. The first-order chi connectivity index (χ1) is 13.5. The van der Waals surface area contributed by atoms with Crippen molar-refractivity contribution in [3.63, 3.8) is 0 Å². The average molecular weight is 371 g/mol. The first kappa shape index (κ1) is 17.8. The van der Waals surface area contributed by atoms with Crippen molar-refractivity contribution in [3.05, 3.63) is 93.7 Å². The van der Waals surface area contributed by atoms with Crippen LogP contribution < -0.4 is 10.7 Å². The fourth-order valence-corrected chi connectivity index (χ4v) is 3.21. The fraction of sp³-hybridized carbons (Fsp3) is 0.182. The van der Waals surface area contributed by atoms with Crippen LogP contribution in [0.1, 0.15) is 27.6 Å². The zero-order valence-corrected chi connectivity index (χ0v) is 15.1. The van der Waals surface area contributed by atoms with E-state index in [1.807, 2.05) is 37.3 Å². The van der Waals surface area contributed by atoms with Crippen LogP contribution in [-0.2, 0) is 4.74 Å². The summed E-state index contributed by atoms with van der Waals surface area (Å²) in [6.45, 7) is 1.99. The maximum absolute atomic E-state index is 11.0. The fourth-order valence-electron chi connectivity index (χ4n) is 3.21. The normalized spacial score (nSPS) is 22.9. The second-order valence-corrected chi connectivity index (χ2v) is 6.69. The van der Waals surface area contributed by atoms with E-state index in [2.05, 4.69) is 16.1 Å². The van der Waals surface area contributed by atoms with Crippen molar-refractivity contribution in [2.45, 2.75) is 25.3 Å². The van der Waals surface area contributed by atoms with Crippen LogP contribution in [0.2, 0.25) is 0 Å². The van der Waals surface area contributed by atoms with E-state index in [-0.39, 0.29) is 17.8 Å². The number of fused-ring (bicyclic) bond motifs is 1. The molecule has 0 amide bonds. The van der Waals surface area contributed by atoms with Crippen molar-refractivity contribution in [1.82, 2.24) is 0 Å². The first-order valence-electron chi connectivity index (χ1n) is 8.85. The van der Waals surface area contributed by atoms with Gasteiger partial charge in [0.2, 0.25) is 0 Å². The number of nitriles is 1. The van der Waals surface area contributed by atoms with Crippen LogP contribution in [0.5, 0.6) is 0 Å². The number of carboxylic acids is 1. The lowest BCUT2D eigenvalue weighted by molar-refractivity contribution is 0.0696. The van der Waals surface area contributed by atoms with Crippen LogP contribution in [0.15, 0.2) is 76.3 Å². The Kier molecular flexibility index (Phi) is 4.60. The van der Waals surface area contributed by atoms with Crippen molar-refractivity contribution in [3.8, 4) is 6.07 Å². The second kappa shape index (κ2) is 7.22. The molecule has 2 aliphatic heterocycles. The van der Waals surface area contributed by atoms with Crippen LogP contribution in [0.4, 0.5) is 0 Å². The smallest absolute Gasteiger partial charge is 0.335 e. The average Bonchev–Trinajstić information content (AvgIpc) is 3.32. The summed E-state index contributed by atoms with van der Waals surface area (Å²) in [5.41, 5.74) is 2.62. The zero-order valence-electron chi connectivity index (χ0n) is 15.1. The van der Waals surface area contributed by atoms with Crippen LogP contribution in [0.25, 0.3) is 0 Å². The Hall–Kier alpha value is -3.56. The van der Waals surface area contributed by atoms with E-state index in [1.165, 1.54) is 0 Å². The predicted molar refractivity (Wildman–Crippen MR) is 101 cm³/mol. The number of hydrogen-bond acceptors (Lipinski definition) is 5. The SMILES string of the molecule is Cc1ccc2c(c1)=N[C@H](/C(C#N)=C/[C@H]1C=C[C@H](c3ccc(C(=O)O)cc3)O1)N=2. The molecule has 4 rings (SSSR count). The summed E-state index contributed by atoms with van der Waals surface area (Å²) < 4.78 is 5.97. The minimum atomic E-state index is -0.964. The largest absolute Gasteiger partial charge is 0.478 e. The van der Waals surface area contributed by atoms with E-state index in [1.54, 1.807) is 30.3 Å². The van der Waals surface area contributed by atoms with Crippen LogP contribution >= 0.6 is 0 Å². The van der Waals surface area contributed by atoms with Gasteiger partial charge < -0.3 is 9.84 Å². The molecule has 0 aromatic heterocycles. The number of carbonyl (C=O) groups is 1. The monoisotopic (exact) mass is 371 g/mol. The Morgan fingerprint density at radius 1 is 1.14 bits per heavy atom. The Balaban J connectivity index is 1.51. The standard InChI is InChI=1S/C22H17N3O3/c1-13-2-8-18-19(10-13)25-21(24-18)16(12-23)11-17-7-9-20(28-17)14-3-5-15(6-4-14)22(26)27/h2-11,17,20-21H,1H3,(H,26,27)/b16-11+/t17-,20-,21-/m1/s1. The Bertz CT molecular complexity index is 1160. The van der Waals surface area contributed by atoms with E-state index in [4.69, 9.17) is 9.84 Å². The highest BCUT2D eigenvalue weighted by Gasteiger charge is 2.23. The molecule has 3 atom stereocenters. The minimum Gasteiger partial charge on any atom is -0.478 e. The number of hydrogen-bond donors (Lipinski definition) is 1. The predicted octanol–water partition coefficient (Wildman–Crippen LogP) is 2.42. The molecule has 0 fully saturated rings. The molecule has 2 aliphatic rings. The highest BCUT2D eigenvalue weighted by Crippen LogP contribution is 2.28. The molecule has 2 aromatic rings. The van der Waals surface area contributed by atoms with Crippen molar-refractivity contribution in [2.24, 2.45) is 9.98 Å². The quantitative estimate of drug-likeness (QED) is 0.659. The van der Waals surface area contributed by atoms with E-state index >= 15 is 0 Å². The molecular weight excluding hydrogens is 354 g/mol. The van der Waals surface area contributed by atoms with Gasteiger partial charge >= 0.3 is 5.97 Å². The summed E-state index contributed by atoms with van der Waals surface area (Å²) in [5, 5.41) is 20.1. The van der Waals surface area contributed by atoms with Crippen LogP contribution in [-0.4, -0.2) is 23.3 Å². The van der Waals surface area contributed by atoms with Gasteiger partial charge in [0.05, 0.1) is 34.0 Å². The lowest BCUT2D eigenvalue weighted by Crippen LogP contribution is -2.20. The molecule has 0 unspecified atom stereocenters. The van der Waals surface area contributed by atoms with Gasteiger partial charge in [-0.05, 0) is 48.4 Å². The lowest BCUT2D eigenvalue weighted by Gasteiger charge is -2.13. The molecule has 28 heavy (non-hydrogen) atoms. The molecule has 0 saturated heterocycles. The molecule has 0 aliphatic carbocycles. The molecular formula is C22H17N3O3. The molecule has 0 bridgehead atoms. The highest BCUT2D eigenvalue weighted by molar-refractivity contribution is 5.87. The van der Waals surface area contributed by atoms with Gasteiger partial charge in [-0.2, -0.15) is 5.26 Å². The lowest BCUT2D eigenvalue weighted by atomic mass is 10.1. The number of aromatic carboxylic acids is 1. The van der Waals surface area contributed by atoms with Gasteiger partial charge in [-0.25, -0.2) is 4.79 Å². The van der Waals surface area contributed by atoms with Gasteiger partial charge in [0.15, 0.2) is 6.17 Å². The number of benzene rings is 2. The molecule has 1 N–H and O–H groups in total. The van der Waals surface area contributed by atoms with E-state index < -0.39 is 12.1 Å². The molecule has 2 heterocycles. The van der Waals surface area contributed by atoms with Crippen molar-refractivity contribution < 1.29 is 14.6 Å². The molecule has 6 nitrogen and oxygen atoms in total. The van der Waals surface area contributed by atoms with Crippen molar-refractivity contribution >= 4 is 5.97 Å². The molecule has 0 radical (unpaired) electrons. The Morgan fingerprint density at radius 3 is 2.61 bits per heavy atom. The maximum Gasteiger partial charge on any atom is 0.335 e. The molecule has 2 aromatic carbocycles. The highest BCUT2D eigenvalue weighted by atomic mass is 16.5. The van der Waals surface area contributed by atoms with Gasteiger partial charge in [0, 0.05) is 0 Å². The summed E-state index contributed by atoms with van der Waals surface area (Å²) in [6.07, 6.45) is 4.30. The third-order valence-electron chi connectivity index (χ3n) is 4.67. The van der Waals surface area contributed by atoms with E-state index in [0.717, 1.165) is 21.8 Å². The number of carboxylic acid groups (broad SMARTS) is 1. The minimum absolute atomic E-state index is 0.230. The van der Waals surface area contributed by atoms with E-state index in [0.29, 0.717) is 5.57 Å². The summed E-state index contributed by atoms with van der Waals surface area (Å²) in [5.74, 6) is -0.964. The van der Waals surface area contributed by atoms with Crippen LogP contribution in [0, 0.1) is 18.3 Å². The summed E-state index contributed by atoms with van der Waals surface area (Å²) in [7, 11) is 0. The second-order valence-electron chi connectivity index (χ2n) is 6.69. The molecule has 0 saturated carbocycles. The number of ether oxygens (including phenoxy) is 1. The Morgan fingerprint density at radius 2 is 1.89 bits per heavy atom. The number of rotatable bonds is 4. The topological polar surface area (TPSA) is 95.0 Å². The van der Waals surface area contributed by atoms with Gasteiger partial charge in [-0.15, -0.1) is 0 Å². The molecule has 0 spiro atoms. The van der Waals surface area contributed by atoms with Crippen LogP contribution in [0.3, 0.4) is 0 Å². The van der Waals surface area contributed by atoms with Gasteiger partial charge in [-0.1, -0.05) is 30.4 Å². The zero-order chi connectivity index (χ0) is 19.7. The van der Waals surface area contributed by atoms with Gasteiger partial charge in [0.1, 0.15) is 6.10 Å². The third-order valence-corrected chi connectivity index (χ3v) is 4.67. The summed E-state index contributed by atoms with van der Waals surface area (Å²) >= 11 is 0. The summed E-state index contributed by atoms with van der Waals surface area (Å²) in [6, 6.07) is 14.6. The van der Waals surface area contributed by atoms with Crippen molar-refractivity contribution in [2.75, 3.05) is 0 Å². The maximum atomic E-state index is 11.0. The van der Waals surface area contributed by atoms with Gasteiger partial charge in [-0.3, -0.25) is 9.98 Å².